The second-order valence-electron chi connectivity index (χ2n) is 18.1. The van der Waals surface area contributed by atoms with E-state index < -0.39 is 23.8 Å². The second kappa shape index (κ2) is 28.0. The van der Waals surface area contributed by atoms with Crippen molar-refractivity contribution in [3.05, 3.63) is 110 Å². The summed E-state index contributed by atoms with van der Waals surface area (Å²) in [6.45, 7) is 10.4. The van der Waals surface area contributed by atoms with E-state index in [0.717, 1.165) is 63.5 Å². The maximum absolute atomic E-state index is 13.6. The van der Waals surface area contributed by atoms with Gasteiger partial charge >= 0.3 is 35.8 Å². The number of esters is 6. The first kappa shape index (κ1) is 53.4. The fourth-order valence-corrected chi connectivity index (χ4v) is 8.74. The van der Waals surface area contributed by atoms with Crippen molar-refractivity contribution in [1.82, 2.24) is 0 Å². The number of aryl methyl sites for hydroxylation is 1. The number of hydrogen-bond acceptors (Lipinski definition) is 14. The molecule has 0 N–H and O–H groups in total. The van der Waals surface area contributed by atoms with Gasteiger partial charge in [-0.2, -0.15) is 0 Å². The fraction of sp³-hybridized carbons (Fsp3) is 0.439. The van der Waals surface area contributed by atoms with E-state index in [4.69, 9.17) is 37.9 Å². The lowest BCUT2D eigenvalue weighted by Crippen LogP contribution is -2.30. The van der Waals surface area contributed by atoms with Crippen LogP contribution in [0.4, 0.5) is 0 Å². The van der Waals surface area contributed by atoms with Crippen LogP contribution in [-0.4, -0.2) is 62.2 Å². The zero-order valence-corrected chi connectivity index (χ0v) is 40.7. The van der Waals surface area contributed by atoms with Crippen molar-refractivity contribution >= 4 is 46.6 Å². The summed E-state index contributed by atoms with van der Waals surface area (Å²) in [5, 5.41) is 1.27. The molecule has 2 aliphatic rings. The molecule has 2 saturated carbocycles. The summed E-state index contributed by atoms with van der Waals surface area (Å²) in [6.07, 6.45) is 13.2. The summed E-state index contributed by atoms with van der Waals surface area (Å²) >= 11 is 0. The third-order valence-electron chi connectivity index (χ3n) is 12.9. The van der Waals surface area contributed by atoms with Crippen LogP contribution in [0, 0.1) is 30.6 Å². The maximum Gasteiger partial charge on any atom is 0.330 e. The van der Waals surface area contributed by atoms with Crippen LogP contribution in [0.3, 0.4) is 0 Å². The third-order valence-corrected chi connectivity index (χ3v) is 12.9. The number of hydrogen-bond donors (Lipinski definition) is 0. The van der Waals surface area contributed by atoms with Crippen LogP contribution in [0.15, 0.2) is 104 Å². The van der Waals surface area contributed by atoms with E-state index in [1.165, 1.54) is 0 Å². The lowest BCUT2D eigenvalue weighted by atomic mass is 9.82. The summed E-state index contributed by atoms with van der Waals surface area (Å²) < 4.78 is 45.1. The average molecular weight is 975 g/mol. The Hall–Kier alpha value is -6.96. The van der Waals surface area contributed by atoms with Crippen molar-refractivity contribution < 1.29 is 66.7 Å². The van der Waals surface area contributed by atoms with Gasteiger partial charge in [-0.25, -0.2) is 9.59 Å². The Bertz CT molecular complexity index is 2430. The van der Waals surface area contributed by atoms with Gasteiger partial charge in [0.15, 0.2) is 0 Å². The smallest absolute Gasteiger partial charge is 0.330 e. The number of unbranched alkanes of at least 4 members (excludes halogenated alkanes) is 6. The first-order valence-corrected chi connectivity index (χ1v) is 24.9. The van der Waals surface area contributed by atoms with Gasteiger partial charge in [0, 0.05) is 22.9 Å². The first-order valence-electron chi connectivity index (χ1n) is 24.9. The number of rotatable bonds is 26. The Morgan fingerprint density at radius 1 is 0.451 bits per heavy atom. The molecular formula is C57H66O14. The van der Waals surface area contributed by atoms with Gasteiger partial charge in [-0.15, -0.1) is 0 Å². The molecule has 0 aliphatic heterocycles. The van der Waals surface area contributed by atoms with Crippen LogP contribution in [0.25, 0.3) is 10.8 Å². The SMILES string of the molecule is C=CC(=O)OCCCCCCOc1ccc(OC(=O)C2CCC(C(=O)Oc3cc(C)c(OC(=O)C4CCC(C(=O)Oc5ccc(OCCCCCCOC(=O)C=C)cc5)CC4)c4ccccc34)CC2)cc1. The Morgan fingerprint density at radius 2 is 0.803 bits per heavy atom. The summed E-state index contributed by atoms with van der Waals surface area (Å²) in [5.74, 6) is -0.736. The summed E-state index contributed by atoms with van der Waals surface area (Å²) in [7, 11) is 0. The minimum absolute atomic E-state index is 0.334. The van der Waals surface area contributed by atoms with Crippen molar-refractivity contribution in [3.8, 4) is 34.5 Å². The average Bonchev–Trinajstić information content (AvgIpc) is 3.39. The van der Waals surface area contributed by atoms with Gasteiger partial charge in [-0.05, 0) is 170 Å². The van der Waals surface area contributed by atoms with E-state index >= 15 is 0 Å². The van der Waals surface area contributed by atoms with Crippen LogP contribution in [0.2, 0.25) is 0 Å². The third kappa shape index (κ3) is 16.9. The van der Waals surface area contributed by atoms with Crippen molar-refractivity contribution in [2.75, 3.05) is 26.4 Å². The highest BCUT2D eigenvalue weighted by Gasteiger charge is 2.34. The maximum atomic E-state index is 13.6. The molecule has 6 rings (SSSR count). The minimum atomic E-state index is -0.409. The summed E-state index contributed by atoms with van der Waals surface area (Å²) in [4.78, 5) is 75.6. The lowest BCUT2D eigenvalue weighted by Gasteiger charge is -2.27. The molecule has 71 heavy (non-hydrogen) atoms. The predicted molar refractivity (Wildman–Crippen MR) is 265 cm³/mol. The van der Waals surface area contributed by atoms with E-state index in [-0.39, 0.29) is 35.7 Å². The van der Waals surface area contributed by atoms with Gasteiger partial charge in [0.1, 0.15) is 34.5 Å². The van der Waals surface area contributed by atoms with Crippen molar-refractivity contribution in [2.24, 2.45) is 23.7 Å². The normalized spacial score (nSPS) is 17.5. The van der Waals surface area contributed by atoms with Crippen LogP contribution in [0.5, 0.6) is 34.5 Å². The molecule has 0 heterocycles. The van der Waals surface area contributed by atoms with E-state index in [1.807, 2.05) is 31.2 Å². The molecule has 378 valence electrons. The molecule has 0 radical (unpaired) electrons. The van der Waals surface area contributed by atoms with Crippen molar-refractivity contribution in [3.63, 3.8) is 0 Å². The van der Waals surface area contributed by atoms with Gasteiger partial charge in [0.2, 0.25) is 0 Å². The Balaban J connectivity index is 0.891. The molecular weight excluding hydrogens is 909 g/mol. The highest BCUT2D eigenvalue weighted by atomic mass is 16.6. The van der Waals surface area contributed by atoms with Crippen LogP contribution < -0.4 is 28.4 Å². The molecule has 0 aromatic heterocycles. The molecule has 2 fully saturated rings. The summed E-state index contributed by atoms with van der Waals surface area (Å²) in [6, 6.07) is 22.9. The monoisotopic (exact) mass is 974 g/mol. The van der Waals surface area contributed by atoms with Crippen LogP contribution >= 0.6 is 0 Å². The van der Waals surface area contributed by atoms with Gasteiger partial charge in [0.05, 0.1) is 50.1 Å². The fourth-order valence-electron chi connectivity index (χ4n) is 8.74. The Labute approximate surface area is 415 Å². The van der Waals surface area contributed by atoms with Gasteiger partial charge in [-0.1, -0.05) is 37.4 Å². The van der Waals surface area contributed by atoms with Crippen molar-refractivity contribution in [2.45, 2.75) is 110 Å². The highest BCUT2D eigenvalue weighted by molar-refractivity contribution is 5.97. The largest absolute Gasteiger partial charge is 0.494 e. The number of ether oxygens (including phenoxy) is 8. The number of carbonyl (C=O) groups is 6. The van der Waals surface area contributed by atoms with E-state index in [2.05, 4.69) is 13.2 Å². The van der Waals surface area contributed by atoms with Crippen LogP contribution in [0.1, 0.15) is 108 Å². The zero-order valence-electron chi connectivity index (χ0n) is 40.7. The van der Waals surface area contributed by atoms with E-state index in [0.29, 0.717) is 129 Å². The zero-order chi connectivity index (χ0) is 50.4. The molecule has 14 heteroatoms. The second-order valence-corrected chi connectivity index (χ2v) is 18.1. The van der Waals surface area contributed by atoms with Gasteiger partial charge in [0.25, 0.3) is 0 Å². The molecule has 4 aromatic carbocycles. The molecule has 0 bridgehead atoms. The van der Waals surface area contributed by atoms with Crippen LogP contribution in [-0.2, 0) is 38.2 Å². The number of carbonyl (C=O) groups excluding carboxylic acids is 6. The summed E-state index contributed by atoms with van der Waals surface area (Å²) in [5.41, 5.74) is 0.637. The molecule has 14 nitrogen and oxygen atoms in total. The van der Waals surface area contributed by atoms with E-state index in [9.17, 15) is 28.8 Å². The predicted octanol–water partition coefficient (Wildman–Crippen LogP) is 11.1. The molecule has 4 aromatic rings. The highest BCUT2D eigenvalue weighted by Crippen LogP contribution is 2.40. The van der Waals surface area contributed by atoms with Gasteiger partial charge in [-0.3, -0.25) is 19.2 Å². The first-order chi connectivity index (χ1) is 34.5. The molecule has 2 aliphatic carbocycles. The molecule has 0 unspecified atom stereocenters. The quantitative estimate of drug-likeness (QED) is 0.0251. The Kier molecular flexibility index (Phi) is 21.1. The Morgan fingerprint density at radius 3 is 1.21 bits per heavy atom. The standard InChI is InChI=1S/C57H66O14/c1-4-51(58)66-36-14-8-6-12-34-64-44-26-30-46(31-27-44)68-54(60)40-18-22-42(23-19-40)56(62)70-50-38-39(3)53(49-17-11-10-16-48(49)50)71-57(63)43-24-20-41(21-25-43)55(61)69-47-32-28-45(29-33-47)65-35-13-7-9-15-37-67-52(59)5-2/h4-5,10-11,16-17,26-33,38,40-43H,1-2,6-9,12-15,18-25,34-37H2,3H3. The molecule has 0 spiro atoms. The minimum Gasteiger partial charge on any atom is -0.494 e. The number of fused-ring (bicyclic) bond motifs is 1. The number of benzene rings is 4. The molecule has 0 saturated heterocycles. The van der Waals surface area contributed by atoms with E-state index in [1.54, 1.807) is 54.6 Å². The van der Waals surface area contributed by atoms with Crippen molar-refractivity contribution in [1.29, 1.82) is 0 Å². The molecule has 0 amide bonds. The lowest BCUT2D eigenvalue weighted by molar-refractivity contribution is -0.145. The molecule has 0 atom stereocenters. The van der Waals surface area contributed by atoms with Gasteiger partial charge < -0.3 is 37.9 Å². The topological polar surface area (TPSA) is 176 Å².